The summed E-state index contributed by atoms with van der Waals surface area (Å²) in [5, 5.41) is 0. The molecule has 1 heterocycles. The summed E-state index contributed by atoms with van der Waals surface area (Å²) in [7, 11) is 0. The molecule has 0 aliphatic rings. The summed E-state index contributed by atoms with van der Waals surface area (Å²) in [5.74, 6) is 0. The Kier molecular flexibility index (Phi) is 3.59. The normalized spacial score (nSPS) is 14.3. The number of rotatable bonds is 3. The Labute approximate surface area is 126 Å². The minimum absolute atomic E-state index is 0.0121. The first kappa shape index (κ1) is 13.3. The van der Waals surface area contributed by atoms with E-state index in [1.165, 1.54) is 5.56 Å². The summed E-state index contributed by atoms with van der Waals surface area (Å²) >= 11 is 3.53. The minimum Gasteiger partial charge on any atom is -0.326 e. The van der Waals surface area contributed by atoms with Crippen LogP contribution in [0.5, 0.6) is 0 Å². The van der Waals surface area contributed by atoms with Gasteiger partial charge in [-0.1, -0.05) is 40.2 Å². The molecule has 0 spiro atoms. The molecule has 2 atom stereocenters. The first-order chi connectivity index (χ1) is 9.66. The highest BCUT2D eigenvalue weighted by atomic mass is 79.9. The highest BCUT2D eigenvalue weighted by Crippen LogP contribution is 2.27. The topological polar surface area (TPSA) is 43.8 Å². The smallest absolute Gasteiger partial charge is 0.0964 e. The molecule has 0 amide bonds. The highest BCUT2D eigenvalue weighted by molar-refractivity contribution is 9.10. The van der Waals surface area contributed by atoms with Crippen LogP contribution in [0.25, 0.3) is 11.0 Å². The molecule has 2 aromatic carbocycles. The fraction of sp³-hybridized carbons (Fsp3) is 0.188. The maximum atomic E-state index is 6.24. The molecule has 0 saturated heterocycles. The predicted molar refractivity (Wildman–Crippen MR) is 85.7 cm³/mol. The fourth-order valence-electron chi connectivity index (χ4n) is 2.61. The monoisotopic (exact) mass is 329 g/mol. The summed E-state index contributed by atoms with van der Waals surface area (Å²) in [4.78, 5) is 4.47. The molecule has 3 aromatic rings. The van der Waals surface area contributed by atoms with Gasteiger partial charge >= 0.3 is 0 Å². The Hall–Kier alpha value is -1.65. The van der Waals surface area contributed by atoms with Gasteiger partial charge in [-0.25, -0.2) is 4.98 Å². The van der Waals surface area contributed by atoms with E-state index in [0.29, 0.717) is 0 Å². The van der Waals surface area contributed by atoms with E-state index in [2.05, 4.69) is 43.7 Å². The molecule has 3 nitrogen and oxygen atoms in total. The van der Waals surface area contributed by atoms with Crippen molar-refractivity contribution in [3.8, 4) is 0 Å². The van der Waals surface area contributed by atoms with E-state index in [4.69, 9.17) is 5.73 Å². The zero-order valence-corrected chi connectivity index (χ0v) is 12.8. The molecule has 2 N–H and O–H groups in total. The van der Waals surface area contributed by atoms with E-state index in [1.54, 1.807) is 0 Å². The quantitative estimate of drug-likeness (QED) is 0.795. The third-order valence-corrected chi connectivity index (χ3v) is 3.96. The Morgan fingerprint density at radius 1 is 1.15 bits per heavy atom. The van der Waals surface area contributed by atoms with Crippen LogP contribution in [-0.4, -0.2) is 15.6 Å². The lowest BCUT2D eigenvalue weighted by Gasteiger charge is -2.24. The Morgan fingerprint density at radius 3 is 2.70 bits per heavy atom. The van der Waals surface area contributed by atoms with Crippen LogP contribution < -0.4 is 5.73 Å². The number of imidazole rings is 1. The van der Waals surface area contributed by atoms with Crippen molar-refractivity contribution in [1.29, 1.82) is 0 Å². The molecule has 0 radical (unpaired) electrons. The number of hydrogen-bond donors (Lipinski definition) is 1. The van der Waals surface area contributed by atoms with Crippen LogP contribution in [0.1, 0.15) is 18.5 Å². The maximum Gasteiger partial charge on any atom is 0.0964 e. The summed E-state index contributed by atoms with van der Waals surface area (Å²) in [5.41, 5.74) is 9.52. The number of hydrogen-bond acceptors (Lipinski definition) is 2. The van der Waals surface area contributed by atoms with Gasteiger partial charge in [-0.15, -0.1) is 0 Å². The molecule has 0 aliphatic heterocycles. The summed E-state index contributed by atoms with van der Waals surface area (Å²) < 4.78 is 3.21. The van der Waals surface area contributed by atoms with Crippen LogP contribution in [-0.2, 0) is 0 Å². The summed E-state index contributed by atoms with van der Waals surface area (Å²) in [6, 6.07) is 16.5. The molecule has 0 fully saturated rings. The Balaban J connectivity index is 2.16. The molecule has 0 aliphatic carbocycles. The van der Waals surface area contributed by atoms with E-state index in [0.717, 1.165) is 15.5 Å². The van der Waals surface area contributed by atoms with Crippen molar-refractivity contribution in [2.45, 2.75) is 19.0 Å². The average molecular weight is 330 g/mol. The van der Waals surface area contributed by atoms with Gasteiger partial charge in [0, 0.05) is 10.5 Å². The van der Waals surface area contributed by atoms with Gasteiger partial charge < -0.3 is 10.3 Å². The molecule has 0 saturated carbocycles. The zero-order valence-electron chi connectivity index (χ0n) is 11.2. The minimum atomic E-state index is -0.0121. The van der Waals surface area contributed by atoms with Crippen LogP contribution in [0.3, 0.4) is 0 Å². The van der Waals surface area contributed by atoms with Gasteiger partial charge in [-0.05, 0) is 36.8 Å². The van der Waals surface area contributed by atoms with Gasteiger partial charge in [0.2, 0.25) is 0 Å². The SMILES string of the molecule is CC(N)C(c1cccc(Br)c1)n1cnc2ccccc21. The van der Waals surface area contributed by atoms with Crippen molar-refractivity contribution < 1.29 is 0 Å². The van der Waals surface area contributed by atoms with Crippen LogP contribution >= 0.6 is 15.9 Å². The number of fused-ring (bicyclic) bond motifs is 1. The van der Waals surface area contributed by atoms with Crippen molar-refractivity contribution >= 4 is 27.0 Å². The average Bonchev–Trinajstić information content (AvgIpc) is 2.83. The van der Waals surface area contributed by atoms with E-state index in [1.807, 2.05) is 43.6 Å². The van der Waals surface area contributed by atoms with Gasteiger partial charge in [0.1, 0.15) is 0 Å². The second kappa shape index (κ2) is 5.38. The van der Waals surface area contributed by atoms with Crippen molar-refractivity contribution in [2.24, 2.45) is 5.73 Å². The van der Waals surface area contributed by atoms with Gasteiger partial charge in [0.05, 0.1) is 23.4 Å². The van der Waals surface area contributed by atoms with Gasteiger partial charge in [-0.3, -0.25) is 0 Å². The third kappa shape index (κ3) is 2.37. The number of para-hydroxylation sites is 2. The van der Waals surface area contributed by atoms with E-state index in [-0.39, 0.29) is 12.1 Å². The molecule has 1 aromatic heterocycles. The lowest BCUT2D eigenvalue weighted by atomic mass is 10.0. The van der Waals surface area contributed by atoms with Gasteiger partial charge in [0.15, 0.2) is 0 Å². The van der Waals surface area contributed by atoms with Crippen LogP contribution in [0.2, 0.25) is 0 Å². The predicted octanol–water partition coefficient (Wildman–Crippen LogP) is 3.74. The number of halogens is 1. The van der Waals surface area contributed by atoms with Crippen molar-refractivity contribution in [1.82, 2.24) is 9.55 Å². The largest absolute Gasteiger partial charge is 0.326 e. The van der Waals surface area contributed by atoms with Crippen LogP contribution in [0.4, 0.5) is 0 Å². The fourth-order valence-corrected chi connectivity index (χ4v) is 3.02. The second-order valence-electron chi connectivity index (χ2n) is 5.00. The first-order valence-electron chi connectivity index (χ1n) is 6.59. The van der Waals surface area contributed by atoms with E-state index >= 15 is 0 Å². The molecule has 0 bridgehead atoms. The molecule has 102 valence electrons. The molecule has 3 rings (SSSR count). The molecule has 20 heavy (non-hydrogen) atoms. The van der Waals surface area contributed by atoms with E-state index < -0.39 is 0 Å². The number of aromatic nitrogens is 2. The second-order valence-corrected chi connectivity index (χ2v) is 5.92. The first-order valence-corrected chi connectivity index (χ1v) is 7.39. The van der Waals surface area contributed by atoms with Crippen LogP contribution in [0.15, 0.2) is 59.3 Å². The van der Waals surface area contributed by atoms with Crippen LogP contribution in [0, 0.1) is 0 Å². The molecular formula is C16H16BrN3. The Bertz CT molecular complexity index is 733. The van der Waals surface area contributed by atoms with Crippen molar-refractivity contribution in [3.05, 3.63) is 64.9 Å². The van der Waals surface area contributed by atoms with E-state index in [9.17, 15) is 0 Å². The molecule has 2 unspecified atom stereocenters. The molecule has 4 heteroatoms. The Morgan fingerprint density at radius 2 is 1.95 bits per heavy atom. The zero-order chi connectivity index (χ0) is 14.1. The maximum absolute atomic E-state index is 6.24. The number of nitrogens with zero attached hydrogens (tertiary/aromatic N) is 2. The summed E-state index contributed by atoms with van der Waals surface area (Å²) in [6.45, 7) is 2.03. The highest BCUT2D eigenvalue weighted by Gasteiger charge is 2.20. The van der Waals surface area contributed by atoms with Crippen molar-refractivity contribution in [3.63, 3.8) is 0 Å². The standard InChI is InChI=1S/C16H16BrN3/c1-11(18)16(12-5-4-6-13(17)9-12)20-10-19-14-7-2-3-8-15(14)20/h2-11,16H,18H2,1H3. The van der Waals surface area contributed by atoms with Crippen molar-refractivity contribution in [2.75, 3.05) is 0 Å². The summed E-state index contributed by atoms with van der Waals surface area (Å²) in [6.07, 6.45) is 1.87. The number of benzene rings is 2. The third-order valence-electron chi connectivity index (χ3n) is 3.47. The van der Waals surface area contributed by atoms with Gasteiger partial charge in [0.25, 0.3) is 0 Å². The lowest BCUT2D eigenvalue weighted by molar-refractivity contribution is 0.507. The molecular weight excluding hydrogens is 314 g/mol. The van der Waals surface area contributed by atoms with Gasteiger partial charge in [-0.2, -0.15) is 0 Å². The number of nitrogens with two attached hydrogens (primary N) is 1. The lowest BCUT2D eigenvalue weighted by Crippen LogP contribution is -2.29.